The molecule has 0 unspecified atom stereocenters. The van der Waals surface area contributed by atoms with Crippen molar-refractivity contribution in [3.05, 3.63) is 66.2 Å². The van der Waals surface area contributed by atoms with Gasteiger partial charge in [0.25, 0.3) is 0 Å². The van der Waals surface area contributed by atoms with Crippen molar-refractivity contribution in [3.63, 3.8) is 0 Å². The number of hydrogen-bond donors (Lipinski definition) is 0. The molecule has 1 aliphatic rings. The molecule has 0 aromatic heterocycles. The molecule has 0 N–H and O–H groups in total. The van der Waals surface area contributed by atoms with Gasteiger partial charge in [-0.2, -0.15) is 0 Å². The molecule has 0 saturated heterocycles. The van der Waals surface area contributed by atoms with Crippen molar-refractivity contribution in [1.29, 1.82) is 0 Å². The van der Waals surface area contributed by atoms with E-state index in [4.69, 9.17) is 0 Å². The van der Waals surface area contributed by atoms with Crippen molar-refractivity contribution in [2.75, 3.05) is 0 Å². The van der Waals surface area contributed by atoms with Crippen LogP contribution in [0.25, 0.3) is 32.3 Å². The number of hydrogen-bond acceptors (Lipinski definition) is 0. The molecule has 1 heterocycles. The Morgan fingerprint density at radius 1 is 0.619 bits per heavy atom. The average molecular weight is 266 g/mol. The zero-order chi connectivity index (χ0) is 13.8. The van der Waals surface area contributed by atoms with Gasteiger partial charge in [0.05, 0.1) is 0 Å². The average Bonchev–Trinajstić information content (AvgIpc) is 3.03. The molecule has 0 amide bonds. The molecule has 0 spiro atoms. The Balaban J connectivity index is 1.99. The minimum Gasteiger partial charge on any atom is -0.0737 e. The first-order valence-electron chi connectivity index (χ1n) is 7.77. The number of aryl methyl sites for hydroxylation is 1. The van der Waals surface area contributed by atoms with Crippen molar-refractivity contribution in [1.82, 2.24) is 0 Å². The van der Waals surface area contributed by atoms with Crippen molar-refractivity contribution >= 4 is 45.1 Å². The van der Waals surface area contributed by atoms with E-state index in [1.54, 1.807) is 11.0 Å². The molecule has 0 saturated carbocycles. The van der Waals surface area contributed by atoms with E-state index in [2.05, 4.69) is 60.7 Å². The smallest absolute Gasteiger partial charge is 0.0737 e. The maximum atomic E-state index is 2.35. The van der Waals surface area contributed by atoms with Gasteiger partial charge >= 0.3 is 0 Å². The molecule has 98 valence electrons. The summed E-state index contributed by atoms with van der Waals surface area (Å²) in [7, 11) is 1.24. The van der Waals surface area contributed by atoms with E-state index in [0.29, 0.717) is 0 Å². The summed E-state index contributed by atoms with van der Waals surface area (Å²) in [5.74, 6) is 0. The van der Waals surface area contributed by atoms with Crippen LogP contribution in [0.5, 0.6) is 0 Å². The zero-order valence-corrected chi connectivity index (χ0v) is 11.9. The minimum atomic E-state index is 1.24. The van der Waals surface area contributed by atoms with Crippen LogP contribution in [0.1, 0.15) is 5.56 Å². The highest BCUT2D eigenvalue weighted by atomic mass is 14.1. The minimum absolute atomic E-state index is 1.24. The molecule has 0 fully saturated rings. The molecule has 21 heavy (non-hydrogen) atoms. The van der Waals surface area contributed by atoms with Crippen molar-refractivity contribution in [3.8, 4) is 0 Å². The van der Waals surface area contributed by atoms with Crippen molar-refractivity contribution in [2.45, 2.75) is 12.7 Å². The third-order valence-electron chi connectivity index (χ3n) is 5.00. The summed E-state index contributed by atoms with van der Waals surface area (Å²) in [5.41, 5.74) is 3.14. The Bertz CT molecular complexity index is 1010. The highest BCUT2D eigenvalue weighted by Crippen LogP contribution is 2.31. The third kappa shape index (κ3) is 1.52. The Kier molecular flexibility index (Phi) is 2.23. The Hall–Kier alpha value is -2.28. The predicted octanol–water partition coefficient (Wildman–Crippen LogP) is 4.18. The topological polar surface area (TPSA) is 0 Å². The Morgan fingerprint density at radius 3 is 2.33 bits per heavy atom. The quantitative estimate of drug-likeness (QED) is 0.331. The summed E-state index contributed by atoms with van der Waals surface area (Å²) < 4.78 is 0. The van der Waals surface area contributed by atoms with Crippen LogP contribution in [-0.2, 0) is 6.42 Å². The van der Waals surface area contributed by atoms with Gasteiger partial charge in [0.15, 0.2) is 7.28 Å². The molecule has 0 radical (unpaired) electrons. The van der Waals surface area contributed by atoms with E-state index in [1.807, 2.05) is 0 Å². The predicted molar refractivity (Wildman–Crippen MR) is 94.3 cm³/mol. The zero-order valence-electron chi connectivity index (χ0n) is 11.9. The van der Waals surface area contributed by atoms with Crippen LogP contribution in [-0.4, -0.2) is 7.28 Å². The maximum absolute atomic E-state index is 2.35. The van der Waals surface area contributed by atoms with Crippen LogP contribution in [0, 0.1) is 0 Å². The third-order valence-corrected chi connectivity index (χ3v) is 5.00. The highest BCUT2D eigenvalue weighted by Gasteiger charge is 2.16. The summed E-state index contributed by atoms with van der Waals surface area (Å²) in [6, 6.07) is 22.6. The number of benzene rings is 4. The van der Waals surface area contributed by atoms with Crippen LogP contribution in [0.4, 0.5) is 0 Å². The van der Waals surface area contributed by atoms with Gasteiger partial charge in [-0.3, -0.25) is 0 Å². The molecule has 0 atom stereocenters. The first-order chi connectivity index (χ1) is 10.4. The number of rotatable bonds is 0. The molecule has 4 aromatic rings. The summed E-state index contributed by atoms with van der Waals surface area (Å²) >= 11 is 0. The lowest BCUT2D eigenvalue weighted by molar-refractivity contribution is 1.18. The van der Waals surface area contributed by atoms with Gasteiger partial charge in [0.2, 0.25) is 0 Å². The van der Waals surface area contributed by atoms with E-state index in [9.17, 15) is 0 Å². The fourth-order valence-electron chi connectivity index (χ4n) is 4.00. The van der Waals surface area contributed by atoms with Gasteiger partial charge in [-0.15, -0.1) is 0 Å². The van der Waals surface area contributed by atoms with E-state index >= 15 is 0 Å². The van der Waals surface area contributed by atoms with Crippen LogP contribution < -0.4 is 5.46 Å². The van der Waals surface area contributed by atoms with E-state index in [-0.39, 0.29) is 0 Å². The maximum Gasteiger partial charge on any atom is 0.159 e. The lowest BCUT2D eigenvalue weighted by Crippen LogP contribution is -2.11. The largest absolute Gasteiger partial charge is 0.159 e. The van der Waals surface area contributed by atoms with E-state index in [1.165, 1.54) is 52.3 Å². The summed E-state index contributed by atoms with van der Waals surface area (Å²) in [6.45, 7) is 0. The standard InChI is InChI=1S/C20H15B/c1-2-4-15-13(3-1)5-7-17-16(15)9-10-19-18(17)8-6-14-11-12-21-20(14)19/h1-10,21H,11-12H2. The van der Waals surface area contributed by atoms with Gasteiger partial charge in [0, 0.05) is 0 Å². The van der Waals surface area contributed by atoms with Crippen LogP contribution in [0.3, 0.4) is 0 Å². The highest BCUT2D eigenvalue weighted by molar-refractivity contribution is 6.59. The van der Waals surface area contributed by atoms with Gasteiger partial charge in [-0.05, 0) is 38.7 Å². The van der Waals surface area contributed by atoms with Crippen LogP contribution >= 0.6 is 0 Å². The van der Waals surface area contributed by atoms with Gasteiger partial charge in [-0.25, -0.2) is 0 Å². The van der Waals surface area contributed by atoms with E-state index < -0.39 is 0 Å². The lowest BCUT2D eigenvalue weighted by Gasteiger charge is -2.10. The second kappa shape index (κ2) is 4.11. The molecule has 4 aromatic carbocycles. The van der Waals surface area contributed by atoms with Crippen molar-refractivity contribution < 1.29 is 0 Å². The normalized spacial score (nSPS) is 13.7. The monoisotopic (exact) mass is 266 g/mol. The molecule has 0 nitrogen and oxygen atoms in total. The number of fused-ring (bicyclic) bond motifs is 7. The van der Waals surface area contributed by atoms with Crippen LogP contribution in [0.15, 0.2) is 60.7 Å². The molecule has 5 rings (SSSR count). The Morgan fingerprint density at radius 2 is 1.33 bits per heavy atom. The fourth-order valence-corrected chi connectivity index (χ4v) is 4.00. The van der Waals surface area contributed by atoms with Gasteiger partial charge < -0.3 is 0 Å². The molecule has 0 aliphatic carbocycles. The fraction of sp³-hybridized carbons (Fsp3) is 0.100. The molecular formula is C20H15B. The first kappa shape index (κ1) is 11.4. The SMILES string of the molecule is B1CCc2ccc3c(ccc4c5ccccc5ccc34)c21. The van der Waals surface area contributed by atoms with Crippen molar-refractivity contribution in [2.24, 2.45) is 0 Å². The van der Waals surface area contributed by atoms with Crippen LogP contribution in [0.2, 0.25) is 6.32 Å². The summed E-state index contributed by atoms with van der Waals surface area (Å²) in [4.78, 5) is 0. The molecular weight excluding hydrogens is 251 g/mol. The van der Waals surface area contributed by atoms with Gasteiger partial charge in [-0.1, -0.05) is 78.0 Å². The summed E-state index contributed by atoms with van der Waals surface area (Å²) in [5, 5.41) is 8.33. The molecule has 0 bridgehead atoms. The molecule has 1 aliphatic heterocycles. The van der Waals surface area contributed by atoms with E-state index in [0.717, 1.165) is 0 Å². The second-order valence-corrected chi connectivity index (χ2v) is 6.10. The summed E-state index contributed by atoms with van der Waals surface area (Å²) in [6.07, 6.45) is 2.56. The molecule has 1 heteroatoms. The lowest BCUT2D eigenvalue weighted by atomic mass is 9.70. The van der Waals surface area contributed by atoms with Gasteiger partial charge in [0.1, 0.15) is 0 Å². The second-order valence-electron chi connectivity index (χ2n) is 6.10. The Labute approximate surface area is 124 Å². The first-order valence-corrected chi connectivity index (χ1v) is 7.77.